The van der Waals surface area contributed by atoms with Crippen molar-refractivity contribution < 1.29 is 0 Å². The Kier molecular flexibility index (Phi) is 2.28. The van der Waals surface area contributed by atoms with Gasteiger partial charge in [-0.2, -0.15) is 0 Å². The first-order valence-corrected chi connectivity index (χ1v) is 4.81. The first-order valence-electron chi connectivity index (χ1n) is 4.81. The van der Waals surface area contributed by atoms with Crippen LogP contribution < -0.4 is 5.73 Å². The summed E-state index contributed by atoms with van der Waals surface area (Å²) < 4.78 is 1.97. The van der Waals surface area contributed by atoms with Crippen LogP contribution in [-0.4, -0.2) is 14.5 Å². The molecule has 0 saturated heterocycles. The second kappa shape index (κ2) is 3.47. The lowest BCUT2D eigenvalue weighted by Crippen LogP contribution is -2.31. The standard InChI is InChI=1S/C11H14N4/c1-11(2,12)10-7-14-8-15(10)9-3-5-13-6-4-9/h3-8H,12H2,1-2H3. The zero-order chi connectivity index (χ0) is 10.9. The maximum absolute atomic E-state index is 6.06. The molecule has 15 heavy (non-hydrogen) atoms. The van der Waals surface area contributed by atoms with Crippen LogP contribution in [0.15, 0.2) is 37.1 Å². The van der Waals surface area contributed by atoms with Gasteiger partial charge in [0, 0.05) is 18.1 Å². The maximum atomic E-state index is 6.06. The second-order valence-electron chi connectivity index (χ2n) is 4.08. The number of imidazole rings is 1. The van der Waals surface area contributed by atoms with Crippen molar-refractivity contribution in [3.63, 3.8) is 0 Å². The normalized spacial score (nSPS) is 11.7. The van der Waals surface area contributed by atoms with Gasteiger partial charge in [0.1, 0.15) is 0 Å². The van der Waals surface area contributed by atoms with Gasteiger partial charge in [0.25, 0.3) is 0 Å². The van der Waals surface area contributed by atoms with E-state index >= 15 is 0 Å². The fourth-order valence-corrected chi connectivity index (χ4v) is 1.48. The molecule has 0 saturated carbocycles. The van der Waals surface area contributed by atoms with Crippen LogP contribution in [0.1, 0.15) is 19.5 Å². The Labute approximate surface area is 88.8 Å². The highest BCUT2D eigenvalue weighted by Crippen LogP contribution is 2.19. The molecule has 0 unspecified atom stereocenters. The summed E-state index contributed by atoms with van der Waals surface area (Å²) in [6.45, 7) is 3.92. The number of nitrogens with zero attached hydrogens (tertiary/aromatic N) is 3. The molecular weight excluding hydrogens is 188 g/mol. The lowest BCUT2D eigenvalue weighted by atomic mass is 10.0. The van der Waals surface area contributed by atoms with Crippen molar-refractivity contribution in [3.8, 4) is 5.69 Å². The average molecular weight is 202 g/mol. The summed E-state index contributed by atoms with van der Waals surface area (Å²) in [5.74, 6) is 0. The molecule has 0 atom stereocenters. The van der Waals surface area contributed by atoms with Gasteiger partial charge >= 0.3 is 0 Å². The average Bonchev–Trinajstić information content (AvgIpc) is 2.67. The third kappa shape index (κ3) is 1.89. The van der Waals surface area contributed by atoms with E-state index in [9.17, 15) is 0 Å². The van der Waals surface area contributed by atoms with Crippen LogP contribution >= 0.6 is 0 Å². The van der Waals surface area contributed by atoms with Crippen LogP contribution in [0.5, 0.6) is 0 Å². The molecule has 2 aromatic heterocycles. The number of rotatable bonds is 2. The smallest absolute Gasteiger partial charge is 0.0994 e. The topological polar surface area (TPSA) is 56.7 Å². The van der Waals surface area contributed by atoms with Crippen LogP contribution in [0.25, 0.3) is 5.69 Å². The van der Waals surface area contributed by atoms with Gasteiger partial charge in [-0.05, 0) is 26.0 Å². The Morgan fingerprint density at radius 3 is 2.47 bits per heavy atom. The molecule has 4 heteroatoms. The van der Waals surface area contributed by atoms with E-state index in [-0.39, 0.29) is 0 Å². The number of hydrogen-bond acceptors (Lipinski definition) is 3. The predicted molar refractivity (Wildman–Crippen MR) is 58.6 cm³/mol. The summed E-state index contributed by atoms with van der Waals surface area (Å²) in [4.78, 5) is 8.11. The van der Waals surface area contributed by atoms with E-state index < -0.39 is 5.54 Å². The summed E-state index contributed by atoms with van der Waals surface area (Å²) in [5.41, 5.74) is 7.66. The SMILES string of the molecule is CC(C)(N)c1cncn1-c1ccncc1. The van der Waals surface area contributed by atoms with Gasteiger partial charge in [0.05, 0.1) is 23.8 Å². The molecule has 2 N–H and O–H groups in total. The van der Waals surface area contributed by atoms with Crippen molar-refractivity contribution in [2.24, 2.45) is 5.73 Å². The second-order valence-corrected chi connectivity index (χ2v) is 4.08. The van der Waals surface area contributed by atoms with Crippen LogP contribution in [0.4, 0.5) is 0 Å². The van der Waals surface area contributed by atoms with Gasteiger partial charge in [-0.15, -0.1) is 0 Å². The molecule has 0 bridgehead atoms. The van der Waals surface area contributed by atoms with Crippen molar-refractivity contribution in [1.82, 2.24) is 14.5 Å². The van der Waals surface area contributed by atoms with Crippen LogP contribution in [0.2, 0.25) is 0 Å². The van der Waals surface area contributed by atoms with Crippen molar-refractivity contribution >= 4 is 0 Å². The van der Waals surface area contributed by atoms with Crippen molar-refractivity contribution in [2.75, 3.05) is 0 Å². The third-order valence-corrected chi connectivity index (χ3v) is 2.24. The van der Waals surface area contributed by atoms with Crippen molar-refractivity contribution in [3.05, 3.63) is 42.7 Å². The summed E-state index contributed by atoms with van der Waals surface area (Å²) in [6, 6.07) is 3.86. The van der Waals surface area contributed by atoms with E-state index in [1.807, 2.05) is 30.5 Å². The third-order valence-electron chi connectivity index (χ3n) is 2.24. The predicted octanol–water partition coefficient (Wildman–Crippen LogP) is 1.46. The first kappa shape index (κ1) is 9.86. The highest BCUT2D eigenvalue weighted by Gasteiger charge is 2.19. The molecule has 0 spiro atoms. The molecule has 0 radical (unpaired) electrons. The van der Waals surface area contributed by atoms with E-state index in [0.717, 1.165) is 11.4 Å². The number of aromatic nitrogens is 3. The zero-order valence-electron chi connectivity index (χ0n) is 8.88. The lowest BCUT2D eigenvalue weighted by molar-refractivity contribution is 0.524. The molecule has 4 nitrogen and oxygen atoms in total. The van der Waals surface area contributed by atoms with E-state index in [0.29, 0.717) is 0 Å². The van der Waals surface area contributed by atoms with Crippen LogP contribution in [0.3, 0.4) is 0 Å². The Morgan fingerprint density at radius 1 is 1.20 bits per heavy atom. The minimum atomic E-state index is -0.403. The molecule has 2 aromatic rings. The van der Waals surface area contributed by atoms with Gasteiger partial charge in [-0.25, -0.2) is 4.98 Å². The Bertz CT molecular complexity index is 439. The van der Waals surface area contributed by atoms with E-state index in [2.05, 4.69) is 9.97 Å². The summed E-state index contributed by atoms with van der Waals surface area (Å²) in [5, 5.41) is 0. The highest BCUT2D eigenvalue weighted by molar-refractivity contribution is 5.32. The number of pyridine rings is 1. The number of hydrogen-bond donors (Lipinski definition) is 1. The summed E-state index contributed by atoms with van der Waals surface area (Å²) in [7, 11) is 0. The Hall–Kier alpha value is -1.68. The Balaban J connectivity index is 2.51. The fraction of sp³-hybridized carbons (Fsp3) is 0.273. The van der Waals surface area contributed by atoms with Gasteiger partial charge < -0.3 is 10.3 Å². The molecule has 0 amide bonds. The van der Waals surface area contributed by atoms with Crippen molar-refractivity contribution in [2.45, 2.75) is 19.4 Å². The van der Waals surface area contributed by atoms with Gasteiger partial charge in [0.15, 0.2) is 0 Å². The minimum absolute atomic E-state index is 0.403. The summed E-state index contributed by atoms with van der Waals surface area (Å²) >= 11 is 0. The largest absolute Gasteiger partial charge is 0.321 e. The quantitative estimate of drug-likeness (QED) is 0.802. The molecule has 0 aliphatic rings. The molecular formula is C11H14N4. The van der Waals surface area contributed by atoms with Gasteiger partial charge in [-0.1, -0.05) is 0 Å². The fourth-order valence-electron chi connectivity index (χ4n) is 1.48. The van der Waals surface area contributed by atoms with Gasteiger partial charge in [-0.3, -0.25) is 4.98 Å². The van der Waals surface area contributed by atoms with E-state index in [1.54, 1.807) is 24.9 Å². The molecule has 2 rings (SSSR count). The molecule has 78 valence electrons. The van der Waals surface area contributed by atoms with Crippen LogP contribution in [-0.2, 0) is 5.54 Å². The molecule has 0 aliphatic heterocycles. The van der Waals surface area contributed by atoms with Gasteiger partial charge in [0.2, 0.25) is 0 Å². The molecule has 0 fully saturated rings. The zero-order valence-corrected chi connectivity index (χ0v) is 8.88. The van der Waals surface area contributed by atoms with Crippen molar-refractivity contribution in [1.29, 1.82) is 0 Å². The van der Waals surface area contributed by atoms with E-state index in [4.69, 9.17) is 5.73 Å². The monoisotopic (exact) mass is 202 g/mol. The van der Waals surface area contributed by atoms with Crippen LogP contribution in [0, 0.1) is 0 Å². The number of nitrogens with two attached hydrogens (primary N) is 1. The minimum Gasteiger partial charge on any atom is -0.321 e. The summed E-state index contributed by atoms with van der Waals surface area (Å²) in [6.07, 6.45) is 7.06. The highest BCUT2D eigenvalue weighted by atomic mass is 15.1. The van der Waals surface area contributed by atoms with E-state index in [1.165, 1.54) is 0 Å². The molecule has 0 aromatic carbocycles. The maximum Gasteiger partial charge on any atom is 0.0994 e. The lowest BCUT2D eigenvalue weighted by Gasteiger charge is -2.20. The Morgan fingerprint density at radius 2 is 1.87 bits per heavy atom. The molecule has 0 aliphatic carbocycles. The molecule has 2 heterocycles. The first-order chi connectivity index (χ1) is 7.09.